The molecule has 1 N–H and O–H groups in total. The Bertz CT molecular complexity index is 1010. The van der Waals surface area contributed by atoms with Crippen LogP contribution in [0, 0.1) is 5.82 Å². The third-order valence-corrected chi connectivity index (χ3v) is 4.48. The molecule has 29 heavy (non-hydrogen) atoms. The number of nitrogens with zero attached hydrogens (tertiary/aromatic N) is 2. The lowest BCUT2D eigenvalue weighted by Crippen LogP contribution is -1.97. The van der Waals surface area contributed by atoms with Crippen molar-refractivity contribution in [1.29, 1.82) is 0 Å². The molecule has 0 aliphatic carbocycles. The first-order valence-corrected chi connectivity index (χ1v) is 9.72. The van der Waals surface area contributed by atoms with Crippen LogP contribution in [0.2, 0.25) is 0 Å². The molecular formula is C24H25FN2O2. The van der Waals surface area contributed by atoms with Gasteiger partial charge in [-0.15, -0.1) is 0 Å². The molecule has 0 aliphatic heterocycles. The Balaban J connectivity index is 1.75. The van der Waals surface area contributed by atoms with Gasteiger partial charge < -0.3 is 9.84 Å². The van der Waals surface area contributed by atoms with Gasteiger partial charge in [-0.25, -0.2) is 14.4 Å². The van der Waals surface area contributed by atoms with E-state index in [0.29, 0.717) is 23.7 Å². The van der Waals surface area contributed by atoms with Crippen molar-refractivity contribution in [2.45, 2.75) is 32.3 Å². The number of hydrogen-bond donors (Lipinski definition) is 1. The van der Waals surface area contributed by atoms with Crippen molar-refractivity contribution >= 4 is 17.0 Å². The standard InChI is InChI=1S/C24H25FN2O2/c1-3-13-29-20-10-11-21(22(25)15-20)18-9-12-23-19(14-18)16-26-24(27-23)8-6-4-5-7-17(2)28/h3,6,8-12,14-17,28H,1,4-5,7,13H2,2H3. The van der Waals surface area contributed by atoms with Gasteiger partial charge in [0.15, 0.2) is 5.82 Å². The van der Waals surface area contributed by atoms with Gasteiger partial charge in [-0.05, 0) is 62.1 Å². The zero-order valence-corrected chi connectivity index (χ0v) is 16.5. The topological polar surface area (TPSA) is 55.2 Å². The molecule has 2 aromatic carbocycles. The van der Waals surface area contributed by atoms with Gasteiger partial charge in [-0.1, -0.05) is 24.8 Å². The summed E-state index contributed by atoms with van der Waals surface area (Å²) in [6, 6.07) is 10.4. The molecular weight excluding hydrogens is 367 g/mol. The van der Waals surface area contributed by atoms with Gasteiger partial charge in [0.05, 0.1) is 11.6 Å². The number of fused-ring (bicyclic) bond motifs is 1. The minimum Gasteiger partial charge on any atom is -0.489 e. The van der Waals surface area contributed by atoms with E-state index in [-0.39, 0.29) is 11.9 Å². The number of aromatic nitrogens is 2. The molecule has 0 aliphatic rings. The fourth-order valence-electron chi connectivity index (χ4n) is 2.99. The van der Waals surface area contributed by atoms with Crippen LogP contribution >= 0.6 is 0 Å². The van der Waals surface area contributed by atoms with E-state index in [9.17, 15) is 9.50 Å². The molecule has 0 saturated carbocycles. The number of halogens is 1. The van der Waals surface area contributed by atoms with Crippen LogP contribution in [0.25, 0.3) is 28.1 Å². The van der Waals surface area contributed by atoms with Gasteiger partial charge in [0.25, 0.3) is 0 Å². The van der Waals surface area contributed by atoms with Crippen LogP contribution < -0.4 is 4.74 Å². The average Bonchev–Trinajstić information content (AvgIpc) is 2.71. The number of aliphatic hydroxyl groups excluding tert-OH is 1. The number of hydrogen-bond acceptors (Lipinski definition) is 4. The van der Waals surface area contributed by atoms with Crippen molar-refractivity contribution in [3.05, 3.63) is 73.0 Å². The first-order chi connectivity index (χ1) is 14.1. The lowest BCUT2D eigenvalue weighted by Gasteiger charge is -2.08. The zero-order valence-electron chi connectivity index (χ0n) is 16.5. The summed E-state index contributed by atoms with van der Waals surface area (Å²) >= 11 is 0. The van der Waals surface area contributed by atoms with Gasteiger partial charge in [0.1, 0.15) is 18.2 Å². The van der Waals surface area contributed by atoms with E-state index in [1.54, 1.807) is 31.3 Å². The van der Waals surface area contributed by atoms with Gasteiger partial charge in [-0.3, -0.25) is 0 Å². The molecule has 0 fully saturated rings. The summed E-state index contributed by atoms with van der Waals surface area (Å²) in [7, 11) is 0. The molecule has 0 radical (unpaired) electrons. The van der Waals surface area contributed by atoms with Crippen molar-refractivity contribution in [2.75, 3.05) is 6.61 Å². The van der Waals surface area contributed by atoms with E-state index >= 15 is 0 Å². The summed E-state index contributed by atoms with van der Waals surface area (Å²) in [6.07, 6.45) is 9.58. The molecule has 1 atom stereocenters. The minimum absolute atomic E-state index is 0.268. The Morgan fingerprint density at radius 3 is 2.86 bits per heavy atom. The highest BCUT2D eigenvalue weighted by molar-refractivity contribution is 5.84. The second-order valence-electron chi connectivity index (χ2n) is 6.93. The lowest BCUT2D eigenvalue weighted by molar-refractivity contribution is 0.182. The molecule has 0 bridgehead atoms. The lowest BCUT2D eigenvalue weighted by atomic mass is 10.0. The summed E-state index contributed by atoms with van der Waals surface area (Å²) in [5.74, 6) is 0.765. The Morgan fingerprint density at radius 2 is 2.10 bits per heavy atom. The van der Waals surface area contributed by atoms with Crippen molar-refractivity contribution in [2.24, 2.45) is 0 Å². The SMILES string of the molecule is C=CCOc1ccc(-c2ccc3nc(C=CCCCC(C)O)ncc3c2)c(F)c1. The quantitative estimate of drug-likeness (QED) is 0.382. The Kier molecular flexibility index (Phi) is 7.09. The highest BCUT2D eigenvalue weighted by Gasteiger charge is 2.08. The fraction of sp³-hybridized carbons (Fsp3) is 0.250. The molecule has 1 heterocycles. The smallest absolute Gasteiger partial charge is 0.152 e. The third kappa shape index (κ3) is 5.72. The summed E-state index contributed by atoms with van der Waals surface area (Å²) in [5, 5.41) is 10.1. The highest BCUT2D eigenvalue weighted by Crippen LogP contribution is 2.28. The number of benzene rings is 2. The number of rotatable bonds is 9. The van der Waals surface area contributed by atoms with Crippen LogP contribution in [0.1, 0.15) is 32.0 Å². The summed E-state index contributed by atoms with van der Waals surface area (Å²) in [5.41, 5.74) is 2.06. The predicted octanol–water partition coefficient (Wildman–Crippen LogP) is 5.57. The van der Waals surface area contributed by atoms with Gasteiger partial charge in [0, 0.05) is 23.2 Å². The minimum atomic E-state index is -0.344. The molecule has 150 valence electrons. The average molecular weight is 392 g/mol. The molecule has 1 aromatic heterocycles. The second kappa shape index (κ2) is 9.94. The van der Waals surface area contributed by atoms with Crippen LogP contribution in [0.5, 0.6) is 5.75 Å². The third-order valence-electron chi connectivity index (χ3n) is 4.48. The second-order valence-corrected chi connectivity index (χ2v) is 6.93. The number of unbranched alkanes of at least 4 members (excludes halogenated alkanes) is 1. The fourth-order valence-corrected chi connectivity index (χ4v) is 2.99. The number of ether oxygens (including phenoxy) is 1. The summed E-state index contributed by atoms with van der Waals surface area (Å²) < 4.78 is 19.9. The van der Waals surface area contributed by atoms with Gasteiger partial charge >= 0.3 is 0 Å². The molecule has 0 amide bonds. The van der Waals surface area contributed by atoms with Crippen LogP contribution in [0.3, 0.4) is 0 Å². The molecule has 1 unspecified atom stereocenters. The number of allylic oxidation sites excluding steroid dienone is 1. The van der Waals surface area contributed by atoms with Crippen LogP contribution in [-0.2, 0) is 0 Å². The Morgan fingerprint density at radius 1 is 1.24 bits per heavy atom. The maximum Gasteiger partial charge on any atom is 0.152 e. The maximum atomic E-state index is 14.5. The Hall–Kier alpha value is -3.05. The molecule has 5 heteroatoms. The predicted molar refractivity (Wildman–Crippen MR) is 115 cm³/mol. The molecule has 3 rings (SSSR count). The van der Waals surface area contributed by atoms with Crippen molar-refractivity contribution in [3.8, 4) is 16.9 Å². The largest absolute Gasteiger partial charge is 0.489 e. The van der Waals surface area contributed by atoms with Crippen molar-refractivity contribution < 1.29 is 14.2 Å². The van der Waals surface area contributed by atoms with E-state index in [1.807, 2.05) is 30.4 Å². The van der Waals surface area contributed by atoms with E-state index in [1.165, 1.54) is 6.07 Å². The van der Waals surface area contributed by atoms with Gasteiger partial charge in [-0.2, -0.15) is 0 Å². The van der Waals surface area contributed by atoms with Crippen LogP contribution in [-0.4, -0.2) is 27.8 Å². The molecule has 3 aromatic rings. The van der Waals surface area contributed by atoms with Crippen molar-refractivity contribution in [1.82, 2.24) is 9.97 Å². The van der Waals surface area contributed by atoms with E-state index in [4.69, 9.17) is 4.74 Å². The highest BCUT2D eigenvalue weighted by atomic mass is 19.1. The monoisotopic (exact) mass is 392 g/mol. The maximum absolute atomic E-state index is 14.5. The van der Waals surface area contributed by atoms with Crippen LogP contribution in [0.4, 0.5) is 4.39 Å². The molecule has 0 spiro atoms. The van der Waals surface area contributed by atoms with Crippen molar-refractivity contribution in [3.63, 3.8) is 0 Å². The van der Waals surface area contributed by atoms with E-state index < -0.39 is 0 Å². The number of aliphatic hydroxyl groups is 1. The first kappa shape index (κ1) is 20.7. The summed E-state index contributed by atoms with van der Waals surface area (Å²) in [6.45, 7) is 5.72. The Labute approximate surface area is 170 Å². The zero-order chi connectivity index (χ0) is 20.6. The van der Waals surface area contributed by atoms with E-state index in [2.05, 4.69) is 16.5 Å². The molecule has 0 saturated heterocycles. The normalized spacial score (nSPS) is 12.4. The van der Waals surface area contributed by atoms with Gasteiger partial charge in [0.2, 0.25) is 0 Å². The van der Waals surface area contributed by atoms with E-state index in [0.717, 1.165) is 35.7 Å². The molecule has 4 nitrogen and oxygen atoms in total. The first-order valence-electron chi connectivity index (χ1n) is 9.72. The summed E-state index contributed by atoms with van der Waals surface area (Å²) in [4.78, 5) is 8.92. The van der Waals surface area contributed by atoms with Crippen LogP contribution in [0.15, 0.2) is 61.3 Å².